The molecule has 0 aliphatic rings. The Morgan fingerprint density at radius 3 is 2.57 bits per heavy atom. The lowest BCUT2D eigenvalue weighted by molar-refractivity contribution is 0.268. The van der Waals surface area contributed by atoms with Crippen molar-refractivity contribution in [1.29, 1.82) is 0 Å². The van der Waals surface area contributed by atoms with Crippen molar-refractivity contribution in [2.24, 2.45) is 0 Å². The lowest BCUT2D eigenvalue weighted by Crippen LogP contribution is -2.26. The van der Waals surface area contributed by atoms with Gasteiger partial charge in [-0.3, -0.25) is 0 Å². The van der Waals surface area contributed by atoms with Crippen LogP contribution in [0.2, 0.25) is 5.02 Å². The van der Waals surface area contributed by atoms with Crippen molar-refractivity contribution in [2.75, 3.05) is 20.3 Å². The summed E-state index contributed by atoms with van der Waals surface area (Å²) in [5.74, 6) is 1.54. The van der Waals surface area contributed by atoms with Gasteiger partial charge in [0.05, 0.1) is 18.2 Å². The van der Waals surface area contributed by atoms with E-state index in [9.17, 15) is 0 Å². The maximum Gasteiger partial charge on any atom is 0.137 e. The monoisotopic (exact) mass is 305 g/mol. The lowest BCUT2D eigenvalue weighted by atomic mass is 10.1. The van der Waals surface area contributed by atoms with Gasteiger partial charge in [0.15, 0.2) is 0 Å². The Morgan fingerprint density at radius 2 is 1.90 bits per heavy atom. The highest BCUT2D eigenvalue weighted by atomic mass is 35.5. The largest absolute Gasteiger partial charge is 0.495 e. The van der Waals surface area contributed by atoms with Gasteiger partial charge in [-0.15, -0.1) is 0 Å². The Bertz CT molecular complexity index is 560. The van der Waals surface area contributed by atoms with E-state index in [2.05, 4.69) is 12.2 Å². The molecule has 0 fully saturated rings. The Morgan fingerprint density at radius 1 is 1.14 bits per heavy atom. The van der Waals surface area contributed by atoms with E-state index in [4.69, 9.17) is 21.1 Å². The van der Waals surface area contributed by atoms with Crippen molar-refractivity contribution < 1.29 is 9.47 Å². The summed E-state index contributed by atoms with van der Waals surface area (Å²) >= 11 is 6.07. The summed E-state index contributed by atoms with van der Waals surface area (Å²) in [6, 6.07) is 15.7. The first-order valence-electron chi connectivity index (χ1n) is 6.99. The molecule has 0 heterocycles. The fourth-order valence-electron chi connectivity index (χ4n) is 2.11. The van der Waals surface area contributed by atoms with Crippen LogP contribution in [0.15, 0.2) is 48.5 Å². The molecular formula is C17H20ClNO2. The van der Waals surface area contributed by atoms with Crippen LogP contribution in [0.1, 0.15) is 18.5 Å². The fourth-order valence-corrected chi connectivity index (χ4v) is 2.30. The van der Waals surface area contributed by atoms with Gasteiger partial charge in [-0.2, -0.15) is 0 Å². The number of ether oxygens (including phenoxy) is 2. The van der Waals surface area contributed by atoms with Crippen molar-refractivity contribution in [3.8, 4) is 11.5 Å². The molecule has 1 atom stereocenters. The van der Waals surface area contributed by atoms with Crippen LogP contribution >= 0.6 is 11.6 Å². The molecule has 0 aromatic heterocycles. The van der Waals surface area contributed by atoms with Crippen LogP contribution in [-0.4, -0.2) is 20.3 Å². The molecule has 3 nitrogen and oxygen atoms in total. The van der Waals surface area contributed by atoms with Gasteiger partial charge in [-0.1, -0.05) is 42.8 Å². The smallest absolute Gasteiger partial charge is 0.137 e. The Labute approximate surface area is 130 Å². The topological polar surface area (TPSA) is 30.5 Å². The molecule has 0 bridgehead atoms. The van der Waals surface area contributed by atoms with E-state index in [1.807, 2.05) is 48.5 Å². The Balaban J connectivity index is 2.11. The normalized spacial score (nSPS) is 12.0. The fraction of sp³-hybridized carbons (Fsp3) is 0.294. The highest BCUT2D eigenvalue weighted by molar-refractivity contribution is 6.32. The molecule has 0 radical (unpaired) electrons. The number of hydrogen-bond donors (Lipinski definition) is 1. The van der Waals surface area contributed by atoms with Gasteiger partial charge < -0.3 is 14.8 Å². The molecule has 0 saturated heterocycles. The first-order valence-corrected chi connectivity index (χ1v) is 7.37. The number of halogens is 1. The molecular weight excluding hydrogens is 286 g/mol. The summed E-state index contributed by atoms with van der Waals surface area (Å²) in [7, 11) is 1.62. The predicted octanol–water partition coefficient (Wildman–Crippen LogP) is 4.08. The Hall–Kier alpha value is -1.71. The summed E-state index contributed by atoms with van der Waals surface area (Å²) in [6.45, 7) is 3.47. The number of likely N-dealkylation sites (N-methyl/N-ethyl adjacent to an activating group) is 1. The third kappa shape index (κ3) is 4.38. The molecule has 2 aromatic rings. The highest BCUT2D eigenvalue weighted by Crippen LogP contribution is 2.28. The third-order valence-corrected chi connectivity index (χ3v) is 3.50. The van der Waals surface area contributed by atoms with Gasteiger partial charge in [-0.05, 0) is 36.4 Å². The zero-order valence-corrected chi connectivity index (χ0v) is 13.1. The van der Waals surface area contributed by atoms with E-state index in [1.165, 1.54) is 0 Å². The van der Waals surface area contributed by atoms with Crippen molar-refractivity contribution >= 4 is 11.6 Å². The molecule has 112 valence electrons. The zero-order valence-electron chi connectivity index (χ0n) is 12.3. The second-order valence-electron chi connectivity index (χ2n) is 4.63. The molecule has 2 aromatic carbocycles. The first kappa shape index (κ1) is 15.7. The molecule has 0 aliphatic heterocycles. The molecule has 0 aliphatic carbocycles. The molecule has 21 heavy (non-hydrogen) atoms. The zero-order chi connectivity index (χ0) is 15.1. The van der Waals surface area contributed by atoms with Crippen LogP contribution in [-0.2, 0) is 0 Å². The molecule has 4 heteroatoms. The van der Waals surface area contributed by atoms with Gasteiger partial charge in [0.2, 0.25) is 0 Å². The van der Waals surface area contributed by atoms with Crippen LogP contribution in [0, 0.1) is 0 Å². The average molecular weight is 306 g/mol. The summed E-state index contributed by atoms with van der Waals surface area (Å²) in [5, 5.41) is 4.03. The average Bonchev–Trinajstić information content (AvgIpc) is 2.53. The van der Waals surface area contributed by atoms with E-state index in [0.29, 0.717) is 17.4 Å². The maximum atomic E-state index is 6.07. The molecule has 0 saturated carbocycles. The maximum absolute atomic E-state index is 6.07. The molecule has 1 unspecified atom stereocenters. The predicted molar refractivity (Wildman–Crippen MR) is 86.4 cm³/mol. The minimum atomic E-state index is 0.0846. The van der Waals surface area contributed by atoms with Gasteiger partial charge in [0, 0.05) is 0 Å². The van der Waals surface area contributed by atoms with Gasteiger partial charge in [0.25, 0.3) is 0 Å². The van der Waals surface area contributed by atoms with E-state index < -0.39 is 0 Å². The number of benzene rings is 2. The van der Waals surface area contributed by atoms with Crippen molar-refractivity contribution in [1.82, 2.24) is 5.32 Å². The summed E-state index contributed by atoms with van der Waals surface area (Å²) in [6.07, 6.45) is 0. The highest BCUT2D eigenvalue weighted by Gasteiger charge is 2.13. The first-order chi connectivity index (χ1) is 10.2. The van der Waals surface area contributed by atoms with Crippen LogP contribution in [0.5, 0.6) is 11.5 Å². The Kier molecular flexibility index (Phi) is 5.90. The van der Waals surface area contributed by atoms with Gasteiger partial charge >= 0.3 is 0 Å². The SMILES string of the molecule is CCNC(COc1ccccc1)c1ccc(Cl)c(OC)c1. The lowest BCUT2D eigenvalue weighted by Gasteiger charge is -2.20. The van der Waals surface area contributed by atoms with Gasteiger partial charge in [-0.25, -0.2) is 0 Å². The van der Waals surface area contributed by atoms with E-state index >= 15 is 0 Å². The standard InChI is InChI=1S/C17H20ClNO2/c1-3-19-16(12-21-14-7-5-4-6-8-14)13-9-10-15(18)17(11-13)20-2/h4-11,16,19H,3,12H2,1-2H3. The van der Waals surface area contributed by atoms with Crippen LogP contribution in [0.25, 0.3) is 0 Å². The number of para-hydroxylation sites is 1. The summed E-state index contributed by atoms with van der Waals surface area (Å²) in [5.41, 5.74) is 1.09. The van der Waals surface area contributed by atoms with Crippen LogP contribution in [0.3, 0.4) is 0 Å². The molecule has 0 spiro atoms. The van der Waals surface area contributed by atoms with Crippen molar-refractivity contribution in [2.45, 2.75) is 13.0 Å². The number of methoxy groups -OCH3 is 1. The van der Waals surface area contributed by atoms with E-state index in [-0.39, 0.29) is 6.04 Å². The minimum absolute atomic E-state index is 0.0846. The number of nitrogens with one attached hydrogen (secondary N) is 1. The van der Waals surface area contributed by atoms with E-state index in [1.54, 1.807) is 7.11 Å². The second kappa shape index (κ2) is 7.91. The van der Waals surface area contributed by atoms with E-state index in [0.717, 1.165) is 17.9 Å². The second-order valence-corrected chi connectivity index (χ2v) is 5.04. The van der Waals surface area contributed by atoms with Crippen LogP contribution < -0.4 is 14.8 Å². The number of rotatable bonds is 7. The van der Waals surface area contributed by atoms with Crippen molar-refractivity contribution in [3.63, 3.8) is 0 Å². The minimum Gasteiger partial charge on any atom is -0.495 e. The summed E-state index contributed by atoms with van der Waals surface area (Å²) in [4.78, 5) is 0. The molecule has 1 N–H and O–H groups in total. The quantitative estimate of drug-likeness (QED) is 0.836. The number of hydrogen-bond acceptors (Lipinski definition) is 3. The molecule has 0 amide bonds. The molecule has 2 rings (SSSR count). The van der Waals surface area contributed by atoms with Crippen molar-refractivity contribution in [3.05, 3.63) is 59.1 Å². The third-order valence-electron chi connectivity index (χ3n) is 3.19. The van der Waals surface area contributed by atoms with Gasteiger partial charge in [0.1, 0.15) is 18.1 Å². The van der Waals surface area contributed by atoms with Crippen LogP contribution in [0.4, 0.5) is 0 Å². The summed E-state index contributed by atoms with van der Waals surface area (Å²) < 4.78 is 11.1.